The molecule has 0 spiro atoms. The van der Waals surface area contributed by atoms with Crippen molar-refractivity contribution in [1.82, 2.24) is 19.5 Å². The summed E-state index contributed by atoms with van der Waals surface area (Å²) >= 11 is 3.39. The fourth-order valence-electron chi connectivity index (χ4n) is 4.32. The summed E-state index contributed by atoms with van der Waals surface area (Å²) in [5, 5.41) is 33.3. The van der Waals surface area contributed by atoms with Gasteiger partial charge in [-0.2, -0.15) is 0 Å². The van der Waals surface area contributed by atoms with Crippen LogP contribution < -0.4 is 0 Å². The number of nitrogens with zero attached hydrogens (tertiary/aromatic N) is 2. The van der Waals surface area contributed by atoms with Gasteiger partial charge >= 0.3 is 0 Å². The number of benzene rings is 3. The lowest BCUT2D eigenvalue weighted by Crippen LogP contribution is -1.97. The fraction of sp³-hybridized carbons (Fsp3) is 0. The molecule has 0 amide bonds. The van der Waals surface area contributed by atoms with Crippen LogP contribution in [0.3, 0.4) is 0 Å². The van der Waals surface area contributed by atoms with Crippen molar-refractivity contribution in [3.8, 4) is 45.5 Å². The van der Waals surface area contributed by atoms with Crippen molar-refractivity contribution >= 4 is 37.9 Å². The molecule has 6 rings (SSSR count). The Balaban J connectivity index is 1.72. The molecular weight excluding hydrogens is 484 g/mol. The van der Waals surface area contributed by atoms with Gasteiger partial charge in [-0.1, -0.05) is 18.2 Å². The maximum atomic E-state index is 11.2. The number of aromatic hydroxyl groups is 3. The molecule has 0 saturated heterocycles. The number of halogens is 1. The Kier molecular flexibility index (Phi) is 4.24. The average molecular weight is 501 g/mol. The summed E-state index contributed by atoms with van der Waals surface area (Å²) < 4.78 is 2.10. The van der Waals surface area contributed by atoms with Crippen molar-refractivity contribution in [2.75, 3.05) is 0 Å². The van der Waals surface area contributed by atoms with E-state index in [-0.39, 0.29) is 17.4 Å². The number of imidazole rings is 1. The lowest BCUT2D eigenvalue weighted by atomic mass is 10.00. The standard InChI is InChI=1S/C25H17BrN4O3/c26-17-9-13(5-8-21(17)31)23-22(16-11-27-18-4-2-1-3-15(16)18)24(32)25(33)30(23)14-6-7-19-20(10-14)29-12-28-19/h1-12,27,31-33H,(H,28,29). The molecule has 0 aliphatic rings. The summed E-state index contributed by atoms with van der Waals surface area (Å²) in [5.41, 5.74) is 5.65. The van der Waals surface area contributed by atoms with Crippen LogP contribution in [0.15, 0.2) is 77.7 Å². The number of aromatic nitrogens is 4. The Morgan fingerprint density at radius 2 is 1.73 bits per heavy atom. The number of H-pyrrole nitrogens is 2. The molecule has 0 saturated carbocycles. The molecule has 7 nitrogen and oxygen atoms in total. The van der Waals surface area contributed by atoms with E-state index in [9.17, 15) is 15.3 Å². The Morgan fingerprint density at radius 3 is 2.58 bits per heavy atom. The number of nitrogens with one attached hydrogen (secondary N) is 2. The van der Waals surface area contributed by atoms with Gasteiger partial charge < -0.3 is 25.3 Å². The van der Waals surface area contributed by atoms with E-state index in [2.05, 4.69) is 30.9 Å². The lowest BCUT2D eigenvalue weighted by molar-refractivity contribution is 0.388. The Bertz CT molecular complexity index is 1680. The van der Waals surface area contributed by atoms with E-state index in [0.717, 1.165) is 27.5 Å². The number of phenolic OH excluding ortho intramolecular Hbond substituents is 1. The van der Waals surface area contributed by atoms with Crippen LogP contribution in [0.25, 0.3) is 50.0 Å². The highest BCUT2D eigenvalue weighted by Crippen LogP contribution is 2.50. The first-order valence-electron chi connectivity index (χ1n) is 10.2. The molecule has 3 heterocycles. The highest BCUT2D eigenvalue weighted by Gasteiger charge is 2.28. The predicted molar refractivity (Wildman–Crippen MR) is 131 cm³/mol. The van der Waals surface area contributed by atoms with E-state index in [1.807, 2.05) is 48.7 Å². The molecule has 0 aliphatic heterocycles. The van der Waals surface area contributed by atoms with Crippen LogP contribution in [-0.2, 0) is 0 Å². The molecule has 162 valence electrons. The summed E-state index contributed by atoms with van der Waals surface area (Å²) in [6.45, 7) is 0. The van der Waals surface area contributed by atoms with Crippen molar-refractivity contribution in [2.24, 2.45) is 0 Å². The largest absolute Gasteiger partial charge is 0.507 e. The number of hydrogen-bond donors (Lipinski definition) is 5. The Labute approximate surface area is 195 Å². The third-order valence-corrected chi connectivity index (χ3v) is 6.50. The van der Waals surface area contributed by atoms with Crippen molar-refractivity contribution in [2.45, 2.75) is 0 Å². The van der Waals surface area contributed by atoms with Crippen LogP contribution in [-0.4, -0.2) is 34.8 Å². The number of hydrogen-bond acceptors (Lipinski definition) is 4. The molecule has 0 aliphatic carbocycles. The second kappa shape index (κ2) is 7.18. The van der Waals surface area contributed by atoms with Gasteiger partial charge in [0.05, 0.1) is 38.8 Å². The third kappa shape index (κ3) is 2.91. The molecule has 0 bridgehead atoms. The van der Waals surface area contributed by atoms with Gasteiger partial charge in [0.1, 0.15) is 5.75 Å². The van der Waals surface area contributed by atoms with Crippen molar-refractivity contribution in [3.05, 3.63) is 77.7 Å². The SMILES string of the molecule is Oc1ccc(-c2c(-c3c[nH]c4ccccc34)c(O)c(O)n2-c2ccc3nc[nH]c3c2)cc1Br. The summed E-state index contributed by atoms with van der Waals surface area (Å²) in [6, 6.07) is 18.4. The minimum atomic E-state index is -0.284. The molecule has 3 aromatic carbocycles. The molecule has 8 heteroatoms. The van der Waals surface area contributed by atoms with Crippen LogP contribution in [0, 0.1) is 0 Å². The quantitative estimate of drug-likeness (QED) is 0.203. The molecule has 0 unspecified atom stereocenters. The smallest absolute Gasteiger partial charge is 0.240 e. The topological polar surface area (TPSA) is 110 Å². The van der Waals surface area contributed by atoms with Gasteiger partial charge in [-0.15, -0.1) is 0 Å². The van der Waals surface area contributed by atoms with E-state index < -0.39 is 0 Å². The number of fused-ring (bicyclic) bond motifs is 2. The second-order valence-corrected chi connectivity index (χ2v) is 8.60. The molecule has 0 atom stereocenters. The van der Waals surface area contributed by atoms with Crippen LogP contribution in [0.5, 0.6) is 17.4 Å². The highest BCUT2D eigenvalue weighted by molar-refractivity contribution is 9.10. The first-order chi connectivity index (χ1) is 16.0. The highest BCUT2D eigenvalue weighted by atomic mass is 79.9. The van der Waals surface area contributed by atoms with Gasteiger partial charge in [-0.3, -0.25) is 4.57 Å². The van der Waals surface area contributed by atoms with E-state index in [1.54, 1.807) is 29.1 Å². The average Bonchev–Trinajstić information content (AvgIpc) is 3.52. The predicted octanol–water partition coefficient (Wildman–Crippen LogP) is 6.05. The zero-order chi connectivity index (χ0) is 22.7. The number of phenols is 1. The van der Waals surface area contributed by atoms with Gasteiger partial charge in [-0.05, 0) is 58.4 Å². The first kappa shape index (κ1) is 19.5. The third-order valence-electron chi connectivity index (χ3n) is 5.86. The van der Waals surface area contributed by atoms with Gasteiger partial charge in [0.25, 0.3) is 0 Å². The van der Waals surface area contributed by atoms with E-state index in [4.69, 9.17) is 0 Å². The lowest BCUT2D eigenvalue weighted by Gasteiger charge is -2.13. The molecular formula is C25H17BrN4O3. The van der Waals surface area contributed by atoms with Gasteiger partial charge in [0.15, 0.2) is 5.75 Å². The van der Waals surface area contributed by atoms with Crippen LogP contribution >= 0.6 is 15.9 Å². The van der Waals surface area contributed by atoms with Crippen molar-refractivity contribution in [1.29, 1.82) is 0 Å². The zero-order valence-electron chi connectivity index (χ0n) is 17.0. The summed E-state index contributed by atoms with van der Waals surface area (Å²) in [4.78, 5) is 10.6. The Morgan fingerprint density at radius 1 is 0.879 bits per heavy atom. The number of aromatic amines is 2. The van der Waals surface area contributed by atoms with E-state index in [0.29, 0.717) is 27.0 Å². The summed E-state index contributed by atoms with van der Waals surface area (Å²) in [5.74, 6) is -0.421. The normalized spacial score (nSPS) is 11.5. The first-order valence-corrected chi connectivity index (χ1v) is 11.0. The van der Waals surface area contributed by atoms with Gasteiger partial charge in [-0.25, -0.2) is 4.98 Å². The van der Waals surface area contributed by atoms with Crippen molar-refractivity contribution in [3.63, 3.8) is 0 Å². The Hall–Kier alpha value is -4.17. The van der Waals surface area contributed by atoms with Crippen LogP contribution in [0.1, 0.15) is 0 Å². The maximum Gasteiger partial charge on any atom is 0.240 e. The van der Waals surface area contributed by atoms with Gasteiger partial charge in [0.2, 0.25) is 5.88 Å². The van der Waals surface area contributed by atoms with Crippen LogP contribution in [0.4, 0.5) is 0 Å². The molecule has 0 fully saturated rings. The molecule has 0 radical (unpaired) electrons. The summed E-state index contributed by atoms with van der Waals surface area (Å²) in [6.07, 6.45) is 3.43. The second-order valence-electron chi connectivity index (χ2n) is 7.75. The van der Waals surface area contributed by atoms with Crippen LogP contribution in [0.2, 0.25) is 0 Å². The number of rotatable bonds is 3. The van der Waals surface area contributed by atoms with E-state index >= 15 is 0 Å². The van der Waals surface area contributed by atoms with E-state index in [1.165, 1.54) is 0 Å². The molecule has 5 N–H and O–H groups in total. The number of para-hydroxylation sites is 1. The minimum absolute atomic E-state index is 0.0952. The van der Waals surface area contributed by atoms with Gasteiger partial charge in [0, 0.05) is 28.2 Å². The molecule has 3 aromatic heterocycles. The summed E-state index contributed by atoms with van der Waals surface area (Å²) in [7, 11) is 0. The maximum absolute atomic E-state index is 11.2. The fourth-order valence-corrected chi connectivity index (χ4v) is 4.70. The molecule has 6 aromatic rings. The van der Waals surface area contributed by atoms with Crippen molar-refractivity contribution < 1.29 is 15.3 Å². The zero-order valence-corrected chi connectivity index (χ0v) is 18.6. The molecule has 33 heavy (non-hydrogen) atoms. The minimum Gasteiger partial charge on any atom is -0.507 e. The monoisotopic (exact) mass is 500 g/mol.